The second-order valence-corrected chi connectivity index (χ2v) is 5.40. The van der Waals surface area contributed by atoms with Crippen LogP contribution in [0.25, 0.3) is 34.2 Å². The van der Waals surface area contributed by atoms with Crippen molar-refractivity contribution in [2.75, 3.05) is 0 Å². The molecule has 0 unspecified atom stereocenters. The van der Waals surface area contributed by atoms with Crippen molar-refractivity contribution in [1.29, 1.82) is 0 Å². The summed E-state index contributed by atoms with van der Waals surface area (Å²) in [6, 6.07) is 30.0. The minimum Gasteiger partial charge on any atom is -0.208 e. The monoisotopic (exact) mass is 399 g/mol. The fourth-order valence-corrected chi connectivity index (χ4v) is 2.52. The molecule has 0 radical (unpaired) electrons. The molecule has 0 saturated carbocycles. The summed E-state index contributed by atoms with van der Waals surface area (Å²) >= 11 is 0. The van der Waals surface area contributed by atoms with Crippen molar-refractivity contribution in [3.05, 3.63) is 91.0 Å². The molecule has 3 nitrogen and oxygen atoms in total. The van der Waals surface area contributed by atoms with Gasteiger partial charge in [-0.3, -0.25) is 0 Å². The van der Waals surface area contributed by atoms with E-state index in [0.717, 1.165) is 16.7 Å². The maximum Gasteiger partial charge on any atom is 0.164 e. The quantitative estimate of drug-likeness (QED) is 0.351. The Bertz CT molecular complexity index is 798. The molecule has 3 aromatic carbocycles. The minimum absolute atomic E-state index is 0.684. The Morgan fingerprint density at radius 1 is 0.333 bits per heavy atom. The maximum absolute atomic E-state index is 4.68. The van der Waals surface area contributed by atoms with Gasteiger partial charge in [-0.05, 0) is 0 Å². The van der Waals surface area contributed by atoms with Crippen molar-refractivity contribution in [1.82, 2.24) is 15.0 Å². The van der Waals surface area contributed by atoms with Crippen LogP contribution in [0.3, 0.4) is 0 Å². The number of aromatic nitrogens is 3. The lowest BCUT2D eigenvalue weighted by Crippen LogP contribution is -1.99. The van der Waals surface area contributed by atoms with E-state index in [4.69, 9.17) is 0 Å². The standard InChI is InChI=1S/C21H15N3.3C2H6/c1-4-10-16(11-5-1)19-22-20(17-12-6-2-7-13-17)24-21(23-19)18-14-8-3-9-15-18;3*1-2/h1-15H;3*1-2H3. The van der Waals surface area contributed by atoms with E-state index >= 15 is 0 Å². The van der Waals surface area contributed by atoms with E-state index in [9.17, 15) is 0 Å². The highest BCUT2D eigenvalue weighted by atomic mass is 15.0. The van der Waals surface area contributed by atoms with Gasteiger partial charge in [0.2, 0.25) is 0 Å². The first-order valence-corrected chi connectivity index (χ1v) is 10.8. The van der Waals surface area contributed by atoms with E-state index in [-0.39, 0.29) is 0 Å². The average Bonchev–Trinajstić information content (AvgIpc) is 2.89. The Kier molecular flexibility index (Phi) is 12.1. The third-order valence-electron chi connectivity index (χ3n) is 3.73. The predicted octanol–water partition coefficient (Wildman–Crippen LogP) is 7.95. The highest BCUT2D eigenvalue weighted by Crippen LogP contribution is 2.24. The van der Waals surface area contributed by atoms with Crippen molar-refractivity contribution < 1.29 is 0 Å². The van der Waals surface area contributed by atoms with Gasteiger partial charge < -0.3 is 0 Å². The Morgan fingerprint density at radius 3 is 0.733 bits per heavy atom. The zero-order valence-corrected chi connectivity index (χ0v) is 19.0. The van der Waals surface area contributed by atoms with Gasteiger partial charge in [0.25, 0.3) is 0 Å². The Balaban J connectivity index is 0.000000691. The topological polar surface area (TPSA) is 38.7 Å². The van der Waals surface area contributed by atoms with E-state index < -0.39 is 0 Å². The molecule has 0 aliphatic rings. The molecule has 0 bridgehead atoms. The summed E-state index contributed by atoms with van der Waals surface area (Å²) < 4.78 is 0. The number of hydrogen-bond acceptors (Lipinski definition) is 3. The Labute approximate surface area is 181 Å². The maximum atomic E-state index is 4.68. The molecular weight excluding hydrogens is 366 g/mol. The molecular formula is C27H33N3. The summed E-state index contributed by atoms with van der Waals surface area (Å²) in [6.45, 7) is 12.0. The van der Waals surface area contributed by atoms with Crippen molar-refractivity contribution in [2.24, 2.45) is 0 Å². The molecule has 4 rings (SSSR count). The number of benzene rings is 3. The highest BCUT2D eigenvalue weighted by molar-refractivity contribution is 5.66. The molecule has 0 aliphatic carbocycles. The Morgan fingerprint density at radius 2 is 0.533 bits per heavy atom. The largest absolute Gasteiger partial charge is 0.208 e. The van der Waals surface area contributed by atoms with Crippen LogP contribution < -0.4 is 0 Å². The normalized spacial score (nSPS) is 9.00. The lowest BCUT2D eigenvalue weighted by molar-refractivity contribution is 1.07. The first kappa shape index (κ1) is 24.7. The van der Waals surface area contributed by atoms with Crippen LogP contribution in [0.1, 0.15) is 41.5 Å². The summed E-state index contributed by atoms with van der Waals surface area (Å²) in [7, 11) is 0. The summed E-state index contributed by atoms with van der Waals surface area (Å²) in [4.78, 5) is 14.0. The van der Waals surface area contributed by atoms with Gasteiger partial charge in [-0.25, -0.2) is 15.0 Å². The third kappa shape index (κ3) is 6.93. The van der Waals surface area contributed by atoms with Gasteiger partial charge in [0.1, 0.15) is 0 Å². The third-order valence-corrected chi connectivity index (χ3v) is 3.73. The molecule has 0 atom stereocenters. The van der Waals surface area contributed by atoms with Crippen LogP contribution in [0.4, 0.5) is 0 Å². The number of nitrogens with zero attached hydrogens (tertiary/aromatic N) is 3. The van der Waals surface area contributed by atoms with Crippen molar-refractivity contribution >= 4 is 0 Å². The van der Waals surface area contributed by atoms with Crippen LogP contribution in [0.15, 0.2) is 91.0 Å². The summed E-state index contributed by atoms with van der Waals surface area (Å²) in [6.07, 6.45) is 0. The SMILES string of the molecule is CC.CC.CC.c1ccc(-c2nc(-c3ccccc3)nc(-c3ccccc3)n2)cc1. The summed E-state index contributed by atoms with van der Waals surface area (Å²) in [5.41, 5.74) is 2.94. The van der Waals surface area contributed by atoms with Crippen LogP contribution in [0.5, 0.6) is 0 Å². The molecule has 0 aliphatic heterocycles. The molecule has 0 fully saturated rings. The molecule has 30 heavy (non-hydrogen) atoms. The lowest BCUT2D eigenvalue weighted by Gasteiger charge is -2.08. The van der Waals surface area contributed by atoms with Crippen molar-refractivity contribution in [2.45, 2.75) is 41.5 Å². The van der Waals surface area contributed by atoms with E-state index in [0.29, 0.717) is 17.5 Å². The highest BCUT2D eigenvalue weighted by Gasteiger charge is 2.11. The molecule has 0 saturated heterocycles. The molecule has 3 heteroatoms. The molecule has 0 spiro atoms. The van der Waals surface area contributed by atoms with Gasteiger partial charge in [-0.1, -0.05) is 133 Å². The smallest absolute Gasteiger partial charge is 0.164 e. The zero-order valence-electron chi connectivity index (χ0n) is 19.0. The van der Waals surface area contributed by atoms with Crippen LogP contribution >= 0.6 is 0 Å². The number of rotatable bonds is 3. The first-order valence-electron chi connectivity index (χ1n) is 10.8. The van der Waals surface area contributed by atoms with Gasteiger partial charge >= 0.3 is 0 Å². The van der Waals surface area contributed by atoms with Gasteiger partial charge in [0.05, 0.1) is 0 Å². The molecule has 156 valence electrons. The molecule has 1 aromatic heterocycles. The lowest BCUT2D eigenvalue weighted by atomic mass is 10.1. The van der Waals surface area contributed by atoms with Gasteiger partial charge in [0, 0.05) is 16.7 Å². The van der Waals surface area contributed by atoms with Crippen LogP contribution in [0.2, 0.25) is 0 Å². The zero-order chi connectivity index (χ0) is 22.2. The minimum atomic E-state index is 0.684. The van der Waals surface area contributed by atoms with Crippen LogP contribution in [-0.4, -0.2) is 15.0 Å². The van der Waals surface area contributed by atoms with Gasteiger partial charge in [-0.2, -0.15) is 0 Å². The summed E-state index contributed by atoms with van der Waals surface area (Å²) in [5, 5.41) is 0. The fourth-order valence-electron chi connectivity index (χ4n) is 2.52. The van der Waals surface area contributed by atoms with Crippen LogP contribution in [-0.2, 0) is 0 Å². The van der Waals surface area contributed by atoms with Crippen molar-refractivity contribution in [3.8, 4) is 34.2 Å². The second kappa shape index (κ2) is 14.6. The summed E-state index contributed by atoms with van der Waals surface area (Å²) in [5.74, 6) is 2.05. The number of hydrogen-bond donors (Lipinski definition) is 0. The predicted molar refractivity (Wildman–Crippen MR) is 130 cm³/mol. The van der Waals surface area contributed by atoms with Crippen LogP contribution in [0, 0.1) is 0 Å². The fraction of sp³-hybridized carbons (Fsp3) is 0.222. The van der Waals surface area contributed by atoms with E-state index in [1.165, 1.54) is 0 Å². The average molecular weight is 400 g/mol. The van der Waals surface area contributed by atoms with Gasteiger partial charge in [-0.15, -0.1) is 0 Å². The molecule has 1 heterocycles. The van der Waals surface area contributed by atoms with Crippen molar-refractivity contribution in [3.63, 3.8) is 0 Å². The Hall–Kier alpha value is -3.33. The van der Waals surface area contributed by atoms with E-state index in [2.05, 4.69) is 15.0 Å². The molecule has 4 aromatic rings. The molecule has 0 amide bonds. The van der Waals surface area contributed by atoms with E-state index in [1.54, 1.807) is 0 Å². The second-order valence-electron chi connectivity index (χ2n) is 5.40. The molecule has 0 N–H and O–H groups in total. The van der Waals surface area contributed by atoms with E-state index in [1.807, 2.05) is 133 Å². The first-order chi connectivity index (χ1) is 14.9. The van der Waals surface area contributed by atoms with Gasteiger partial charge in [0.15, 0.2) is 17.5 Å².